The monoisotopic (exact) mass is 622 g/mol. The number of hydrogen-bond donors (Lipinski definition) is 3. The minimum absolute atomic E-state index is 0.0554. The number of rotatable bonds is 5. The van der Waals surface area contributed by atoms with E-state index in [9.17, 15) is 27.6 Å². The zero-order valence-electron chi connectivity index (χ0n) is 24.5. The Bertz CT molecular complexity index is 1570. The molecule has 0 saturated carbocycles. The second-order valence-corrected chi connectivity index (χ2v) is 11.7. The summed E-state index contributed by atoms with van der Waals surface area (Å²) in [4.78, 5) is 40.6. The van der Waals surface area contributed by atoms with Gasteiger partial charge in [-0.05, 0) is 79.3 Å². The van der Waals surface area contributed by atoms with Crippen LogP contribution in [0.25, 0.3) is 0 Å². The molecule has 4 amide bonds. The first-order chi connectivity index (χ1) is 21.5. The quantitative estimate of drug-likeness (QED) is 0.353. The lowest BCUT2D eigenvalue weighted by atomic mass is 9.94. The standard InChI is InChI=1S/C33H33F3N4O5/c1-40-27-12-11-25(17-30(41)37-24-14-19-4-2-3-5-20(19)15-24)45-29(27)18-44-28-13-10-23(16-26(28)31(40)42)39-32(43)38-22-8-6-21(7-9-22)33(34,35)36/h2-10,13,16,24-25,27,29H,11-12,14-15,17-18H2,1H3,(H,37,41)(H2,38,39,43)/t25-,27-,29-/m0/s1. The van der Waals surface area contributed by atoms with Crippen LogP contribution < -0.4 is 20.7 Å². The van der Waals surface area contributed by atoms with E-state index in [1.807, 2.05) is 12.1 Å². The molecule has 12 heteroatoms. The van der Waals surface area contributed by atoms with Crippen LogP contribution in [-0.4, -0.2) is 60.7 Å². The van der Waals surface area contributed by atoms with Crippen LogP contribution >= 0.6 is 0 Å². The third kappa shape index (κ3) is 6.90. The number of fused-ring (bicyclic) bond motifs is 3. The summed E-state index contributed by atoms with van der Waals surface area (Å²) >= 11 is 0. The topological polar surface area (TPSA) is 109 Å². The Hall–Kier alpha value is -4.58. The van der Waals surface area contributed by atoms with Crippen molar-refractivity contribution in [1.29, 1.82) is 0 Å². The molecule has 3 aromatic rings. The van der Waals surface area contributed by atoms with E-state index in [4.69, 9.17) is 9.47 Å². The fourth-order valence-electron chi connectivity index (χ4n) is 6.30. The number of halogens is 3. The van der Waals surface area contributed by atoms with Gasteiger partial charge >= 0.3 is 12.2 Å². The highest BCUT2D eigenvalue weighted by atomic mass is 19.4. The molecule has 0 bridgehead atoms. The first-order valence-electron chi connectivity index (χ1n) is 14.8. The molecule has 2 aliphatic heterocycles. The van der Waals surface area contributed by atoms with Crippen molar-refractivity contribution in [3.05, 3.63) is 89.0 Å². The van der Waals surface area contributed by atoms with Gasteiger partial charge in [0.2, 0.25) is 5.91 Å². The smallest absolute Gasteiger partial charge is 0.416 e. The Labute approximate surface area is 258 Å². The summed E-state index contributed by atoms with van der Waals surface area (Å²) in [7, 11) is 1.70. The Kier molecular flexibility index (Phi) is 8.41. The summed E-state index contributed by atoms with van der Waals surface area (Å²) in [5.41, 5.74) is 2.44. The van der Waals surface area contributed by atoms with E-state index in [1.165, 1.54) is 17.2 Å². The third-order valence-corrected chi connectivity index (χ3v) is 8.57. The Morgan fingerprint density at radius 1 is 0.933 bits per heavy atom. The number of anilines is 2. The van der Waals surface area contributed by atoms with E-state index in [0.29, 0.717) is 24.3 Å². The van der Waals surface area contributed by atoms with Crippen LogP contribution in [0.3, 0.4) is 0 Å². The number of likely N-dealkylation sites (N-methyl/N-ethyl adjacent to an activating group) is 1. The molecule has 0 aromatic heterocycles. The van der Waals surface area contributed by atoms with E-state index in [1.54, 1.807) is 24.1 Å². The minimum atomic E-state index is -4.48. The number of urea groups is 1. The van der Waals surface area contributed by atoms with E-state index in [0.717, 1.165) is 37.1 Å². The lowest BCUT2D eigenvalue weighted by Crippen LogP contribution is -2.54. The van der Waals surface area contributed by atoms with Crippen molar-refractivity contribution < 1.29 is 37.0 Å². The summed E-state index contributed by atoms with van der Waals surface area (Å²) in [5, 5.41) is 8.23. The summed E-state index contributed by atoms with van der Waals surface area (Å²) < 4.78 is 50.8. The van der Waals surface area contributed by atoms with E-state index in [-0.39, 0.29) is 54.3 Å². The molecule has 236 valence electrons. The van der Waals surface area contributed by atoms with Crippen LogP contribution in [0.4, 0.5) is 29.3 Å². The normalized spacial score (nSPS) is 21.4. The van der Waals surface area contributed by atoms with E-state index in [2.05, 4.69) is 28.1 Å². The van der Waals surface area contributed by atoms with Gasteiger partial charge in [0.25, 0.3) is 5.91 Å². The number of carbonyl (C=O) groups excluding carboxylic acids is 3. The molecular weight excluding hydrogens is 589 g/mol. The van der Waals surface area contributed by atoms with Crippen molar-refractivity contribution >= 4 is 29.2 Å². The Morgan fingerprint density at radius 2 is 1.60 bits per heavy atom. The molecule has 3 atom stereocenters. The number of carbonyl (C=O) groups is 3. The van der Waals surface area contributed by atoms with Crippen LogP contribution in [0, 0.1) is 0 Å². The van der Waals surface area contributed by atoms with Gasteiger partial charge < -0.3 is 30.3 Å². The van der Waals surface area contributed by atoms with Gasteiger partial charge in [0.1, 0.15) is 18.5 Å². The van der Waals surface area contributed by atoms with Gasteiger partial charge in [-0.1, -0.05) is 24.3 Å². The molecule has 0 radical (unpaired) electrons. The number of alkyl halides is 3. The fraction of sp³-hybridized carbons (Fsp3) is 0.364. The van der Waals surface area contributed by atoms with Crippen LogP contribution in [0.5, 0.6) is 5.75 Å². The summed E-state index contributed by atoms with van der Waals surface area (Å²) in [6, 6.07) is 16.0. The second-order valence-electron chi connectivity index (χ2n) is 11.7. The predicted octanol–water partition coefficient (Wildman–Crippen LogP) is 5.40. The van der Waals surface area contributed by atoms with Crippen LogP contribution in [0.15, 0.2) is 66.7 Å². The van der Waals surface area contributed by atoms with Gasteiger partial charge in [-0.2, -0.15) is 13.2 Å². The molecule has 0 unspecified atom stereocenters. The summed E-state index contributed by atoms with van der Waals surface area (Å²) in [6.45, 7) is 0.173. The highest BCUT2D eigenvalue weighted by Crippen LogP contribution is 2.33. The molecule has 1 saturated heterocycles. The van der Waals surface area contributed by atoms with Gasteiger partial charge in [0.05, 0.1) is 29.7 Å². The lowest BCUT2D eigenvalue weighted by Gasteiger charge is -2.42. The molecule has 45 heavy (non-hydrogen) atoms. The molecule has 2 heterocycles. The molecule has 1 aliphatic carbocycles. The van der Waals surface area contributed by atoms with Gasteiger partial charge in [-0.15, -0.1) is 0 Å². The van der Waals surface area contributed by atoms with Gasteiger partial charge in [-0.25, -0.2) is 4.79 Å². The van der Waals surface area contributed by atoms with E-state index >= 15 is 0 Å². The zero-order valence-corrected chi connectivity index (χ0v) is 24.5. The number of ether oxygens (including phenoxy) is 2. The summed E-state index contributed by atoms with van der Waals surface area (Å²) in [6.07, 6.45) is -2.10. The maximum absolute atomic E-state index is 13.5. The maximum Gasteiger partial charge on any atom is 0.416 e. The van der Waals surface area contributed by atoms with Gasteiger partial charge in [-0.3, -0.25) is 9.59 Å². The molecule has 9 nitrogen and oxygen atoms in total. The Balaban J connectivity index is 1.05. The predicted molar refractivity (Wildman–Crippen MR) is 160 cm³/mol. The molecular formula is C33H33F3N4O5. The van der Waals surface area contributed by atoms with Crippen LogP contribution in [0.2, 0.25) is 0 Å². The number of nitrogens with zero attached hydrogens (tertiary/aromatic N) is 1. The first-order valence-corrected chi connectivity index (χ1v) is 14.8. The van der Waals surface area contributed by atoms with Crippen LogP contribution in [-0.2, 0) is 28.5 Å². The van der Waals surface area contributed by atoms with Gasteiger partial charge in [0, 0.05) is 24.5 Å². The van der Waals surface area contributed by atoms with Crippen molar-refractivity contribution in [2.75, 3.05) is 24.3 Å². The maximum atomic E-state index is 13.5. The Morgan fingerprint density at radius 3 is 2.29 bits per heavy atom. The number of nitrogens with one attached hydrogen (secondary N) is 3. The van der Waals surface area contributed by atoms with Crippen molar-refractivity contribution in [3.8, 4) is 5.75 Å². The molecule has 6 rings (SSSR count). The highest BCUT2D eigenvalue weighted by molar-refractivity contribution is 6.02. The molecule has 3 aliphatic rings. The SMILES string of the molecule is CN1C(=O)c2cc(NC(=O)Nc3ccc(C(F)(F)F)cc3)ccc2OC[C@@H]2O[C@H](CC(=O)NC3Cc4ccccc4C3)CC[C@@H]21. The molecule has 3 aromatic carbocycles. The molecule has 0 spiro atoms. The van der Waals surface area contributed by atoms with Crippen molar-refractivity contribution in [3.63, 3.8) is 0 Å². The third-order valence-electron chi connectivity index (χ3n) is 8.57. The number of amides is 4. The highest BCUT2D eigenvalue weighted by Gasteiger charge is 2.39. The first kappa shape index (κ1) is 30.4. The van der Waals surface area contributed by atoms with E-state index < -0.39 is 23.9 Å². The number of hydrogen-bond acceptors (Lipinski definition) is 5. The summed E-state index contributed by atoms with van der Waals surface area (Å²) in [5.74, 6) is -0.0458. The largest absolute Gasteiger partial charge is 0.490 e. The zero-order chi connectivity index (χ0) is 31.7. The van der Waals surface area contributed by atoms with Crippen molar-refractivity contribution in [2.24, 2.45) is 0 Å². The van der Waals surface area contributed by atoms with Gasteiger partial charge in [0.15, 0.2) is 0 Å². The van der Waals surface area contributed by atoms with Crippen molar-refractivity contribution in [1.82, 2.24) is 10.2 Å². The fourth-order valence-corrected chi connectivity index (χ4v) is 6.30. The average Bonchev–Trinajstić information content (AvgIpc) is 3.41. The lowest BCUT2D eigenvalue weighted by molar-refractivity contribution is -0.137. The van der Waals surface area contributed by atoms with Crippen LogP contribution in [0.1, 0.15) is 46.3 Å². The second kappa shape index (κ2) is 12.4. The minimum Gasteiger partial charge on any atom is -0.490 e. The number of benzene rings is 3. The average molecular weight is 623 g/mol. The van der Waals surface area contributed by atoms with Crippen molar-refractivity contribution in [2.45, 2.75) is 62.6 Å². The molecule has 3 N–H and O–H groups in total. The molecule has 1 fully saturated rings.